The molecule has 0 aromatic carbocycles. The molecule has 1 rings (SSSR count). The van der Waals surface area contributed by atoms with Gasteiger partial charge in [0.05, 0.1) is 12.0 Å². The summed E-state index contributed by atoms with van der Waals surface area (Å²) in [5.74, 6) is -1.02. The van der Waals surface area contributed by atoms with E-state index >= 15 is 0 Å². The first-order valence-corrected chi connectivity index (χ1v) is 5.34. The maximum atomic E-state index is 10.4. The zero-order chi connectivity index (χ0) is 9.84. The van der Waals surface area contributed by atoms with E-state index in [0.29, 0.717) is 10.7 Å². The molecule has 1 aromatic rings. The van der Waals surface area contributed by atoms with Crippen molar-refractivity contribution in [3.05, 3.63) is 12.0 Å². The highest BCUT2D eigenvalue weighted by Crippen LogP contribution is 2.22. The molecule has 0 saturated carbocycles. The number of hydrogen-bond donors (Lipinski definition) is 4. The lowest BCUT2D eigenvalue weighted by atomic mass is 10.2. The Morgan fingerprint density at radius 3 is 3.15 bits per heavy atom. The Balaban J connectivity index is 2.68. The van der Waals surface area contributed by atoms with E-state index in [-0.39, 0.29) is 6.42 Å². The van der Waals surface area contributed by atoms with Gasteiger partial charge in [-0.1, -0.05) is 0 Å². The number of rotatable bonds is 4. The third-order valence-electron chi connectivity index (χ3n) is 1.51. The van der Waals surface area contributed by atoms with Crippen LogP contribution in [-0.4, -0.2) is 27.1 Å². The molecule has 0 aliphatic carbocycles. The van der Waals surface area contributed by atoms with Crippen molar-refractivity contribution in [2.75, 3.05) is 0 Å². The molecule has 0 aliphatic rings. The van der Waals surface area contributed by atoms with Gasteiger partial charge in [0.2, 0.25) is 0 Å². The van der Waals surface area contributed by atoms with Gasteiger partial charge in [0.15, 0.2) is 0 Å². The van der Waals surface area contributed by atoms with Crippen LogP contribution in [0.5, 0.6) is 0 Å². The van der Waals surface area contributed by atoms with Crippen LogP contribution < -0.4 is 5.73 Å². The highest BCUT2D eigenvalue weighted by molar-refractivity contribution is 8.68. The zero-order valence-electron chi connectivity index (χ0n) is 6.60. The second-order valence-electron chi connectivity index (χ2n) is 2.43. The van der Waals surface area contributed by atoms with Gasteiger partial charge in [-0.15, -0.1) is 11.7 Å². The third kappa shape index (κ3) is 2.64. The number of hydrogen-bond acceptors (Lipinski definition) is 5. The van der Waals surface area contributed by atoms with E-state index in [9.17, 15) is 4.79 Å². The van der Waals surface area contributed by atoms with E-state index in [4.69, 9.17) is 10.8 Å². The molecular weight excluding hydrogens is 210 g/mol. The van der Waals surface area contributed by atoms with Crippen LogP contribution in [0.15, 0.2) is 11.4 Å². The molecule has 4 N–H and O–H groups in total. The molecule has 5 nitrogen and oxygen atoms in total. The van der Waals surface area contributed by atoms with Crippen molar-refractivity contribution in [3.8, 4) is 0 Å². The van der Waals surface area contributed by atoms with Gasteiger partial charge >= 0.3 is 5.97 Å². The summed E-state index contributed by atoms with van der Waals surface area (Å²) in [6.07, 6.45) is 1.72. The minimum atomic E-state index is -1.02. The first-order valence-electron chi connectivity index (χ1n) is 3.47. The Kier molecular flexibility index (Phi) is 3.64. The highest BCUT2D eigenvalue weighted by atomic mass is 33.1. The van der Waals surface area contributed by atoms with Gasteiger partial charge in [-0.3, -0.25) is 4.79 Å². The number of aromatic nitrogens is 2. The average molecular weight is 219 g/mol. The molecule has 0 bridgehead atoms. The summed E-state index contributed by atoms with van der Waals surface area (Å²) in [4.78, 5) is 17.2. The van der Waals surface area contributed by atoms with Crippen molar-refractivity contribution in [1.29, 1.82) is 0 Å². The predicted molar refractivity (Wildman–Crippen MR) is 52.7 cm³/mol. The maximum Gasteiger partial charge on any atom is 0.320 e. The van der Waals surface area contributed by atoms with Crippen molar-refractivity contribution < 1.29 is 9.90 Å². The zero-order valence-corrected chi connectivity index (χ0v) is 8.31. The van der Waals surface area contributed by atoms with Crippen molar-refractivity contribution in [1.82, 2.24) is 9.97 Å². The molecule has 0 radical (unpaired) electrons. The van der Waals surface area contributed by atoms with Crippen LogP contribution in [0.1, 0.15) is 5.69 Å². The standard InChI is InChI=1S/C6H9N3O2S2/c7-3(6(10)11)1-4-5(13-12)9-2-8-4/h2-3,12H,1,7H2,(H,8,9)(H,10,11)/t3-/m0/s1. The molecule has 0 unspecified atom stereocenters. The number of H-pyrrole nitrogens is 1. The van der Waals surface area contributed by atoms with E-state index < -0.39 is 12.0 Å². The first-order chi connectivity index (χ1) is 6.15. The number of carboxylic acids is 1. The van der Waals surface area contributed by atoms with Gasteiger partial charge in [0.25, 0.3) is 0 Å². The predicted octanol–water partition coefficient (Wildman–Crippen LogP) is 0.301. The average Bonchev–Trinajstić information content (AvgIpc) is 2.51. The van der Waals surface area contributed by atoms with Crippen LogP contribution >= 0.6 is 22.5 Å². The monoisotopic (exact) mass is 219 g/mol. The van der Waals surface area contributed by atoms with E-state index in [1.165, 1.54) is 6.33 Å². The first kappa shape index (κ1) is 10.4. The number of thiol groups is 1. The summed E-state index contributed by atoms with van der Waals surface area (Å²) < 4.78 is 0. The summed E-state index contributed by atoms with van der Waals surface area (Å²) in [7, 11) is 1.16. The quantitative estimate of drug-likeness (QED) is 0.432. The lowest BCUT2D eigenvalue weighted by molar-refractivity contribution is -0.138. The normalized spacial score (nSPS) is 12.8. The number of carboxylic acid groups (broad SMARTS) is 1. The Bertz CT molecular complexity index is 302. The minimum Gasteiger partial charge on any atom is -0.480 e. The molecule has 13 heavy (non-hydrogen) atoms. The fraction of sp³-hybridized carbons (Fsp3) is 0.333. The molecule has 1 aromatic heterocycles. The SMILES string of the molecule is N[C@@H](Cc1[nH]cnc1SS)C(=O)O. The molecule has 0 spiro atoms. The molecular formula is C6H9N3O2S2. The fourth-order valence-electron chi connectivity index (χ4n) is 0.841. The Morgan fingerprint density at radius 1 is 1.92 bits per heavy atom. The van der Waals surface area contributed by atoms with Gasteiger partial charge in [0.1, 0.15) is 11.1 Å². The number of nitrogens with zero attached hydrogens (tertiary/aromatic N) is 1. The Labute approximate surface area is 83.9 Å². The minimum absolute atomic E-state index is 0.234. The number of aromatic amines is 1. The van der Waals surface area contributed by atoms with Crippen LogP contribution in [0.2, 0.25) is 0 Å². The molecule has 1 heterocycles. The second-order valence-corrected chi connectivity index (χ2v) is 3.54. The number of imidazole rings is 1. The maximum absolute atomic E-state index is 10.4. The number of nitrogens with one attached hydrogen (secondary N) is 1. The van der Waals surface area contributed by atoms with E-state index in [0.717, 1.165) is 10.8 Å². The lowest BCUT2D eigenvalue weighted by Crippen LogP contribution is -2.32. The van der Waals surface area contributed by atoms with Gasteiger partial charge in [-0.05, 0) is 10.8 Å². The Hall–Kier alpha value is -0.660. The van der Waals surface area contributed by atoms with Crippen LogP contribution in [0.4, 0.5) is 0 Å². The molecule has 72 valence electrons. The molecule has 0 saturated heterocycles. The summed E-state index contributed by atoms with van der Waals surface area (Å²) in [6, 6.07) is -0.903. The number of aliphatic carboxylic acids is 1. The molecule has 0 amide bonds. The second kappa shape index (κ2) is 4.54. The van der Waals surface area contributed by atoms with E-state index in [2.05, 4.69) is 21.6 Å². The smallest absolute Gasteiger partial charge is 0.320 e. The summed E-state index contributed by atoms with van der Waals surface area (Å²) in [5, 5.41) is 9.23. The van der Waals surface area contributed by atoms with Crippen molar-refractivity contribution in [2.45, 2.75) is 17.5 Å². The van der Waals surface area contributed by atoms with Crippen LogP contribution in [-0.2, 0) is 11.2 Å². The van der Waals surface area contributed by atoms with E-state index in [1.54, 1.807) is 0 Å². The van der Waals surface area contributed by atoms with Crippen LogP contribution in [0.3, 0.4) is 0 Å². The van der Waals surface area contributed by atoms with Gasteiger partial charge in [-0.25, -0.2) is 4.98 Å². The third-order valence-corrected chi connectivity index (χ3v) is 2.55. The molecule has 0 aliphatic heterocycles. The fourth-order valence-corrected chi connectivity index (χ4v) is 1.66. The van der Waals surface area contributed by atoms with Crippen molar-refractivity contribution in [3.63, 3.8) is 0 Å². The molecule has 0 fully saturated rings. The van der Waals surface area contributed by atoms with Crippen molar-refractivity contribution >= 4 is 28.4 Å². The van der Waals surface area contributed by atoms with Crippen LogP contribution in [0, 0.1) is 0 Å². The molecule has 7 heteroatoms. The van der Waals surface area contributed by atoms with E-state index in [1.807, 2.05) is 0 Å². The summed E-state index contributed by atoms with van der Waals surface area (Å²) in [6.45, 7) is 0. The topological polar surface area (TPSA) is 92.0 Å². The van der Waals surface area contributed by atoms with Gasteiger partial charge in [0, 0.05) is 6.42 Å². The number of nitrogens with two attached hydrogens (primary N) is 1. The highest BCUT2D eigenvalue weighted by Gasteiger charge is 2.15. The summed E-state index contributed by atoms with van der Waals surface area (Å²) >= 11 is 3.97. The summed E-state index contributed by atoms with van der Waals surface area (Å²) in [5.41, 5.74) is 6.05. The lowest BCUT2D eigenvalue weighted by Gasteiger charge is -2.04. The molecule has 1 atom stereocenters. The Morgan fingerprint density at radius 2 is 2.62 bits per heavy atom. The van der Waals surface area contributed by atoms with Crippen LogP contribution in [0.25, 0.3) is 0 Å². The number of carbonyl (C=O) groups is 1. The van der Waals surface area contributed by atoms with Crippen molar-refractivity contribution in [2.24, 2.45) is 5.73 Å². The van der Waals surface area contributed by atoms with Gasteiger partial charge < -0.3 is 15.8 Å². The largest absolute Gasteiger partial charge is 0.480 e. The van der Waals surface area contributed by atoms with Gasteiger partial charge in [-0.2, -0.15) is 0 Å².